The monoisotopic (exact) mass is 2710 g/mol. The third-order valence-electron chi connectivity index (χ3n) is 20.5. The third kappa shape index (κ3) is 76.3. The van der Waals surface area contributed by atoms with Crippen LogP contribution in [0, 0.1) is 0 Å². The van der Waals surface area contributed by atoms with E-state index in [1.165, 1.54) is 135 Å². The first-order valence-electron chi connectivity index (χ1n) is 45.8. The van der Waals surface area contributed by atoms with Crippen molar-refractivity contribution in [2.75, 3.05) is 0 Å². The van der Waals surface area contributed by atoms with Crippen molar-refractivity contribution in [2.24, 2.45) is 0 Å². The van der Waals surface area contributed by atoms with Gasteiger partial charge in [0.05, 0.1) is 0 Å². The van der Waals surface area contributed by atoms with E-state index in [1.807, 2.05) is 0 Å². The molecule has 0 heterocycles. The fraction of sp³-hybridized carbons (Fsp3) is 0.640. The summed E-state index contributed by atoms with van der Waals surface area (Å²) in [4.78, 5) is 36.9. The molecule has 6 aromatic rings. The first-order valence-corrected chi connectivity index (χ1v) is 127. The molecule has 0 aliphatic heterocycles. The van der Waals surface area contributed by atoms with E-state index >= 15 is 0 Å². The Morgan fingerprint density at radius 3 is 0.568 bits per heavy atom. The van der Waals surface area contributed by atoms with Crippen LogP contribution in [0.1, 0.15) is 226 Å². The molecule has 0 saturated heterocycles. The normalized spacial score (nSPS) is 11.9. The number of rotatable bonds is 35. The zero-order valence-electron chi connectivity index (χ0n) is 79.6. The molecule has 0 spiro atoms. The van der Waals surface area contributed by atoms with Crippen molar-refractivity contribution >= 4 is 235 Å². The van der Waals surface area contributed by atoms with Crippen LogP contribution < -0.4 is 21.5 Å². The standard InChI is InChI=1S/C6H11.6C6H5.7C4H9.C3H7.6C2H5.15CH3.11Sn/c7*1-2-4-6-5-3-1;7*1-3-4-2;1-3-2;6*1-2;;;;;;;;;;;;;;;;;;;;;;;;;;/h1H,2-6H2;6*1-5H;7*1,3-4H2,2H3;3H,1-2H3;6*1H2,2H3;15*1H3;;;;;;;;;;;. The molecule has 1 aliphatic rings. The Morgan fingerprint density at radius 2 is 0.459 bits per heavy atom. The average molecular weight is 2690 g/mol. The quantitative estimate of drug-likeness (QED) is 0.0348. The molecular formula is C100H186Sn11. The van der Waals surface area contributed by atoms with Crippen LogP contribution in [0.5, 0.6) is 0 Å². The summed E-state index contributed by atoms with van der Waals surface area (Å²) >= 11 is -12.1. The van der Waals surface area contributed by atoms with Crippen molar-refractivity contribution in [2.45, 2.75) is 365 Å². The predicted octanol–water partition coefficient (Wildman–Crippen LogP) is 31.5. The van der Waals surface area contributed by atoms with Gasteiger partial charge < -0.3 is 0 Å². The van der Waals surface area contributed by atoms with E-state index in [2.05, 4.69) is 360 Å². The van der Waals surface area contributed by atoms with Crippen LogP contribution in [0.3, 0.4) is 0 Å². The van der Waals surface area contributed by atoms with Crippen LogP contribution in [-0.4, -0.2) is 213 Å². The van der Waals surface area contributed by atoms with Crippen LogP contribution >= 0.6 is 0 Å². The van der Waals surface area contributed by atoms with Crippen LogP contribution in [0.15, 0.2) is 182 Å². The summed E-state index contributed by atoms with van der Waals surface area (Å²) in [6.07, 6.45) is 28.3. The second-order valence-electron chi connectivity index (χ2n) is 35.6. The number of hydrogen-bond donors (Lipinski definition) is 0. The molecule has 0 amide bonds. The molecule has 0 bridgehead atoms. The van der Waals surface area contributed by atoms with E-state index in [0.717, 1.165) is 3.93 Å². The van der Waals surface area contributed by atoms with Gasteiger partial charge in [-0.05, 0) is 0 Å². The molecule has 0 N–H and O–H groups in total. The van der Waals surface area contributed by atoms with E-state index in [-0.39, 0.29) is 0 Å². The maximum absolute atomic E-state index is 2.59. The molecule has 0 aromatic heterocycles. The Morgan fingerprint density at radius 1 is 0.279 bits per heavy atom. The summed E-state index contributed by atoms with van der Waals surface area (Å²) in [5.74, 6) is 0. The molecule has 1 aliphatic carbocycles. The molecule has 630 valence electrons. The summed E-state index contributed by atoms with van der Waals surface area (Å²) in [6.45, 7) is 35.1. The van der Waals surface area contributed by atoms with Gasteiger partial charge in [-0.15, -0.1) is 0 Å². The first-order chi connectivity index (χ1) is 52.9. The van der Waals surface area contributed by atoms with E-state index in [4.69, 9.17) is 0 Å². The van der Waals surface area contributed by atoms with Gasteiger partial charge >= 0.3 is 782 Å². The molecule has 0 atom stereocenters. The zero-order chi connectivity index (χ0) is 84.6. The summed E-state index contributed by atoms with van der Waals surface area (Å²) < 4.78 is 32.4. The molecule has 1 saturated carbocycles. The number of benzene rings is 6. The van der Waals surface area contributed by atoms with E-state index < -0.39 is 213 Å². The molecule has 8 radical (unpaired) electrons. The fourth-order valence-electron chi connectivity index (χ4n) is 12.1. The number of unbranched alkanes of at least 4 members (excludes halogenated alkanes) is 7. The molecule has 6 aromatic carbocycles. The summed E-state index contributed by atoms with van der Waals surface area (Å²) in [5, 5.41) is 0. The first kappa shape index (κ1) is 121. The van der Waals surface area contributed by atoms with Gasteiger partial charge in [0.15, 0.2) is 0 Å². The van der Waals surface area contributed by atoms with Crippen molar-refractivity contribution in [3.05, 3.63) is 182 Å². The van der Waals surface area contributed by atoms with Crippen molar-refractivity contribution in [1.29, 1.82) is 0 Å². The Kier molecular flexibility index (Phi) is 91.5. The number of hydrogen-bond acceptors (Lipinski definition) is 0. The van der Waals surface area contributed by atoms with Crippen LogP contribution in [0.2, 0.25) is 140 Å². The van der Waals surface area contributed by atoms with Gasteiger partial charge in [0.2, 0.25) is 0 Å². The van der Waals surface area contributed by atoms with Gasteiger partial charge in [-0.1, -0.05) is 0 Å². The van der Waals surface area contributed by atoms with E-state index in [0.29, 0.717) is 0 Å². The molecule has 7 rings (SSSR count). The van der Waals surface area contributed by atoms with Crippen LogP contribution in [0.25, 0.3) is 0 Å². The Hall–Kier alpha value is 4.11. The SMILES string of the molecule is CCC[CH2][Sn]([CH2]CCC)[CH2]CCC.CCC[CH2][Sn]([CH2]CCC)[CH2]CCC.CCC[CH2][Sn]([CH3])([CH3])[CH3].C[CH2][Sn]([CH2]C)[CH2]C.C[CH2][Sn]([CH2]C)[CH2]C.C[CH](C)[Sn]([CH3])([CH3])[CH3].[CH3][Sn]([CH3])([CH3])[CH]1CCCCC1.[CH3][Sn]([CH3])[CH3].[CH3][Sn]([CH3])[CH3].c1cc[c]([Sn]([c]2ccccc2)[c]2ccccc2)cc1.c1cc[c]([Sn]([c]2ccccc2)[c]2ccccc2)cc1. The second kappa shape index (κ2) is 83.6. The van der Waals surface area contributed by atoms with Crippen molar-refractivity contribution in [1.82, 2.24) is 0 Å². The topological polar surface area (TPSA) is 0 Å². The van der Waals surface area contributed by atoms with E-state index in [9.17, 15) is 0 Å². The summed E-state index contributed by atoms with van der Waals surface area (Å²) in [5.41, 5.74) is 0. The predicted molar refractivity (Wildman–Crippen MR) is 551 cm³/mol. The third-order valence-corrected chi connectivity index (χ3v) is 95.2. The van der Waals surface area contributed by atoms with Gasteiger partial charge in [0.1, 0.15) is 0 Å². The molecule has 11 heteroatoms. The molecular weight excluding hydrogens is 2510 g/mol. The summed E-state index contributed by atoms with van der Waals surface area (Å²) in [7, 11) is 0. The average Bonchev–Trinajstić information content (AvgIpc) is 0.828. The van der Waals surface area contributed by atoms with Gasteiger partial charge in [-0.2, -0.15) is 0 Å². The van der Waals surface area contributed by atoms with Gasteiger partial charge in [-0.3, -0.25) is 0 Å². The molecule has 0 unspecified atom stereocenters. The summed E-state index contributed by atoms with van der Waals surface area (Å²) in [6, 6.07) is 65.9. The van der Waals surface area contributed by atoms with Crippen molar-refractivity contribution < 1.29 is 0 Å². The second-order valence-corrected chi connectivity index (χ2v) is 153. The Bertz CT molecular complexity index is 2350. The zero-order valence-corrected chi connectivity index (χ0v) is 111. The van der Waals surface area contributed by atoms with Crippen LogP contribution in [0.4, 0.5) is 0 Å². The maximum atomic E-state index is 2.59. The molecule has 1 fully saturated rings. The van der Waals surface area contributed by atoms with Gasteiger partial charge in [0.25, 0.3) is 0 Å². The molecule has 0 nitrogen and oxygen atoms in total. The molecule has 111 heavy (non-hydrogen) atoms. The van der Waals surface area contributed by atoms with Gasteiger partial charge in [-0.25, -0.2) is 0 Å². The van der Waals surface area contributed by atoms with Crippen LogP contribution in [-0.2, 0) is 0 Å². The fourth-order valence-corrected chi connectivity index (χ4v) is 64.4. The Balaban J connectivity index is -0.000000587. The van der Waals surface area contributed by atoms with Crippen molar-refractivity contribution in [3.8, 4) is 0 Å². The van der Waals surface area contributed by atoms with Crippen molar-refractivity contribution in [3.63, 3.8) is 0 Å². The minimum atomic E-state index is -1.98. The Labute approximate surface area is 769 Å². The van der Waals surface area contributed by atoms with E-state index in [1.54, 1.807) is 70.5 Å². The minimum absolute atomic E-state index is 0.543. The van der Waals surface area contributed by atoms with Gasteiger partial charge in [0, 0.05) is 0 Å².